The molecule has 2 aromatic carbocycles. The van der Waals surface area contributed by atoms with Gasteiger partial charge >= 0.3 is 0 Å². The predicted octanol–water partition coefficient (Wildman–Crippen LogP) is 2.78. The number of hydrogen-bond donors (Lipinski definition) is 1. The van der Waals surface area contributed by atoms with Gasteiger partial charge in [0, 0.05) is 11.3 Å². The third kappa shape index (κ3) is 4.63. The summed E-state index contributed by atoms with van der Waals surface area (Å²) >= 11 is 0. The molecule has 0 aliphatic rings. The topological polar surface area (TPSA) is 116 Å². The SMILES string of the molecule is CCC(C)c1ccc(NC(=O)Cn2nnc(-c3ccc(C)cc3-n3cnnn3)n2)cc1. The summed E-state index contributed by atoms with van der Waals surface area (Å²) in [5, 5.41) is 26.7. The van der Waals surface area contributed by atoms with Gasteiger partial charge in [0.25, 0.3) is 0 Å². The highest BCUT2D eigenvalue weighted by Gasteiger charge is 2.15. The van der Waals surface area contributed by atoms with Crippen LogP contribution in [-0.2, 0) is 11.3 Å². The van der Waals surface area contributed by atoms with Crippen molar-refractivity contribution < 1.29 is 4.79 Å². The van der Waals surface area contributed by atoms with Crippen LogP contribution in [0.1, 0.15) is 37.3 Å². The minimum Gasteiger partial charge on any atom is -0.324 e. The molecule has 1 N–H and O–H groups in total. The molecule has 0 bridgehead atoms. The molecule has 2 heterocycles. The Morgan fingerprint density at radius 3 is 2.65 bits per heavy atom. The monoisotopic (exact) mass is 417 g/mol. The van der Waals surface area contributed by atoms with Crippen LogP contribution in [0.15, 0.2) is 48.8 Å². The van der Waals surface area contributed by atoms with Crippen molar-refractivity contribution in [1.82, 2.24) is 40.4 Å². The smallest absolute Gasteiger partial charge is 0.248 e. The van der Waals surface area contributed by atoms with Crippen molar-refractivity contribution in [2.24, 2.45) is 0 Å². The number of carbonyl (C=O) groups is 1. The van der Waals surface area contributed by atoms with Gasteiger partial charge in [0.2, 0.25) is 11.7 Å². The molecule has 31 heavy (non-hydrogen) atoms. The van der Waals surface area contributed by atoms with Crippen LogP contribution in [0.4, 0.5) is 5.69 Å². The highest BCUT2D eigenvalue weighted by atomic mass is 16.2. The van der Waals surface area contributed by atoms with E-state index < -0.39 is 0 Å². The normalized spacial score (nSPS) is 12.0. The molecule has 2 aromatic heterocycles. The Balaban J connectivity index is 1.47. The molecule has 1 amide bonds. The third-order valence-corrected chi connectivity index (χ3v) is 5.10. The fourth-order valence-corrected chi connectivity index (χ4v) is 3.17. The van der Waals surface area contributed by atoms with Gasteiger partial charge in [0.1, 0.15) is 12.9 Å². The first kappa shape index (κ1) is 20.3. The van der Waals surface area contributed by atoms with Gasteiger partial charge in [0.15, 0.2) is 0 Å². The molecular formula is C21H23N9O. The Kier molecular flexibility index (Phi) is 5.78. The van der Waals surface area contributed by atoms with Gasteiger partial charge in [-0.3, -0.25) is 4.79 Å². The number of aromatic nitrogens is 8. The summed E-state index contributed by atoms with van der Waals surface area (Å²) in [5.41, 5.74) is 4.47. The van der Waals surface area contributed by atoms with E-state index in [1.54, 1.807) is 4.68 Å². The second kappa shape index (κ2) is 8.82. The van der Waals surface area contributed by atoms with Crippen molar-refractivity contribution >= 4 is 11.6 Å². The van der Waals surface area contributed by atoms with Crippen LogP contribution in [0.2, 0.25) is 0 Å². The zero-order valence-electron chi connectivity index (χ0n) is 17.6. The largest absolute Gasteiger partial charge is 0.324 e. The highest BCUT2D eigenvalue weighted by Crippen LogP contribution is 2.24. The Labute approximate surface area is 179 Å². The second-order valence-electron chi connectivity index (χ2n) is 7.40. The summed E-state index contributed by atoms with van der Waals surface area (Å²) < 4.78 is 1.54. The van der Waals surface area contributed by atoms with Crippen LogP contribution in [0.25, 0.3) is 17.1 Å². The van der Waals surface area contributed by atoms with Crippen LogP contribution in [0.5, 0.6) is 0 Å². The summed E-state index contributed by atoms with van der Waals surface area (Å²) in [6.07, 6.45) is 2.57. The van der Waals surface area contributed by atoms with Crippen molar-refractivity contribution in [3.05, 3.63) is 59.9 Å². The minimum atomic E-state index is -0.232. The molecule has 0 aliphatic heterocycles. The standard InChI is InChI=1S/C21H23N9O/c1-4-15(3)16-6-8-17(9-7-16)23-20(31)12-30-25-21(24-27-30)18-10-5-14(2)11-19(18)29-13-22-26-28-29/h5-11,13,15H,4,12H2,1-3H3,(H,23,31). The summed E-state index contributed by atoms with van der Waals surface area (Å²) in [6.45, 7) is 6.26. The van der Waals surface area contributed by atoms with E-state index in [1.165, 1.54) is 16.7 Å². The summed E-state index contributed by atoms with van der Waals surface area (Å²) in [6, 6.07) is 13.6. The van der Waals surface area contributed by atoms with E-state index in [-0.39, 0.29) is 12.5 Å². The molecule has 1 unspecified atom stereocenters. The maximum atomic E-state index is 12.4. The lowest BCUT2D eigenvalue weighted by atomic mass is 9.99. The molecule has 0 saturated heterocycles. The molecule has 1 atom stereocenters. The maximum absolute atomic E-state index is 12.4. The summed E-state index contributed by atoms with van der Waals surface area (Å²) in [4.78, 5) is 13.7. The quantitative estimate of drug-likeness (QED) is 0.491. The number of rotatable bonds is 7. The summed E-state index contributed by atoms with van der Waals surface area (Å²) in [7, 11) is 0. The maximum Gasteiger partial charge on any atom is 0.248 e. The molecule has 10 nitrogen and oxygen atoms in total. The number of anilines is 1. The van der Waals surface area contributed by atoms with E-state index in [9.17, 15) is 4.79 Å². The molecule has 10 heteroatoms. The van der Waals surface area contributed by atoms with E-state index in [4.69, 9.17) is 0 Å². The average molecular weight is 417 g/mol. The van der Waals surface area contributed by atoms with Crippen LogP contribution < -0.4 is 5.32 Å². The molecule has 0 fully saturated rings. The van der Waals surface area contributed by atoms with Gasteiger partial charge in [-0.25, -0.2) is 0 Å². The number of aryl methyl sites for hydroxylation is 1. The zero-order chi connectivity index (χ0) is 21.8. The lowest BCUT2D eigenvalue weighted by Crippen LogP contribution is -2.20. The van der Waals surface area contributed by atoms with Gasteiger partial charge in [-0.1, -0.05) is 32.0 Å². The molecule has 158 valence electrons. The van der Waals surface area contributed by atoms with E-state index in [0.29, 0.717) is 17.3 Å². The predicted molar refractivity (Wildman–Crippen MR) is 114 cm³/mol. The van der Waals surface area contributed by atoms with Crippen LogP contribution in [-0.4, -0.2) is 46.3 Å². The molecular weight excluding hydrogens is 394 g/mol. The van der Waals surface area contributed by atoms with Gasteiger partial charge in [-0.05, 0) is 70.3 Å². The first-order valence-corrected chi connectivity index (χ1v) is 10.1. The fraction of sp³-hybridized carbons (Fsp3) is 0.286. The Morgan fingerprint density at radius 2 is 1.94 bits per heavy atom. The average Bonchev–Trinajstić information content (AvgIpc) is 3.46. The van der Waals surface area contributed by atoms with Crippen LogP contribution >= 0.6 is 0 Å². The fourth-order valence-electron chi connectivity index (χ4n) is 3.17. The summed E-state index contributed by atoms with van der Waals surface area (Å²) in [5.74, 6) is 0.642. The molecule has 0 spiro atoms. The van der Waals surface area contributed by atoms with E-state index >= 15 is 0 Å². The van der Waals surface area contributed by atoms with Crippen molar-refractivity contribution in [3.63, 3.8) is 0 Å². The molecule has 0 saturated carbocycles. The lowest BCUT2D eigenvalue weighted by molar-refractivity contribution is -0.117. The number of tetrazole rings is 2. The number of carbonyl (C=O) groups excluding carboxylic acids is 1. The third-order valence-electron chi connectivity index (χ3n) is 5.10. The van der Waals surface area contributed by atoms with E-state index in [0.717, 1.165) is 23.4 Å². The number of hydrogen-bond acceptors (Lipinski definition) is 7. The Morgan fingerprint density at radius 1 is 1.13 bits per heavy atom. The number of nitrogens with one attached hydrogen (secondary N) is 1. The molecule has 0 aliphatic carbocycles. The van der Waals surface area contributed by atoms with Crippen molar-refractivity contribution in [3.8, 4) is 17.1 Å². The van der Waals surface area contributed by atoms with Crippen molar-refractivity contribution in [1.29, 1.82) is 0 Å². The second-order valence-corrected chi connectivity index (χ2v) is 7.40. The zero-order valence-corrected chi connectivity index (χ0v) is 17.6. The van der Waals surface area contributed by atoms with E-state index in [2.05, 4.69) is 50.1 Å². The number of nitrogens with zero attached hydrogens (tertiary/aromatic N) is 8. The first-order chi connectivity index (χ1) is 15.0. The molecule has 4 aromatic rings. The Hall–Kier alpha value is -3.95. The number of benzene rings is 2. The van der Waals surface area contributed by atoms with E-state index in [1.807, 2.05) is 49.4 Å². The Bertz CT molecular complexity index is 1170. The van der Waals surface area contributed by atoms with Gasteiger partial charge in [0.05, 0.1) is 5.69 Å². The van der Waals surface area contributed by atoms with Crippen LogP contribution in [0, 0.1) is 6.92 Å². The van der Waals surface area contributed by atoms with Crippen molar-refractivity contribution in [2.45, 2.75) is 39.7 Å². The van der Waals surface area contributed by atoms with Gasteiger partial charge < -0.3 is 5.32 Å². The molecule has 4 rings (SSSR count). The van der Waals surface area contributed by atoms with Crippen LogP contribution in [0.3, 0.4) is 0 Å². The van der Waals surface area contributed by atoms with Gasteiger partial charge in [-0.2, -0.15) is 9.48 Å². The lowest BCUT2D eigenvalue weighted by Gasteiger charge is -2.10. The van der Waals surface area contributed by atoms with Crippen molar-refractivity contribution in [2.75, 3.05) is 5.32 Å². The minimum absolute atomic E-state index is 0.0494. The highest BCUT2D eigenvalue weighted by molar-refractivity contribution is 5.90. The van der Waals surface area contributed by atoms with Gasteiger partial charge in [-0.15, -0.1) is 15.3 Å². The molecule has 0 radical (unpaired) electrons. The number of amides is 1. The first-order valence-electron chi connectivity index (χ1n) is 10.1.